The van der Waals surface area contributed by atoms with Crippen LogP contribution < -0.4 is 14.8 Å². The van der Waals surface area contributed by atoms with E-state index in [-0.39, 0.29) is 11.8 Å². The Labute approximate surface area is 181 Å². The number of hydrogen-bond donors (Lipinski definition) is 2. The lowest BCUT2D eigenvalue weighted by Gasteiger charge is -2.18. The van der Waals surface area contributed by atoms with Crippen molar-refractivity contribution in [3.05, 3.63) is 95.7 Å². The number of para-hydroxylation sites is 1. The number of carbonyl (C=O) groups excluding carboxylic acids is 1. The second kappa shape index (κ2) is 8.56. The quantitative estimate of drug-likeness (QED) is 0.491. The van der Waals surface area contributed by atoms with E-state index in [0.717, 1.165) is 17.5 Å². The van der Waals surface area contributed by atoms with E-state index in [9.17, 15) is 4.79 Å². The Morgan fingerprint density at radius 3 is 2.58 bits per heavy atom. The molecule has 0 aliphatic carbocycles. The van der Waals surface area contributed by atoms with Gasteiger partial charge in [0.2, 0.25) is 0 Å². The lowest BCUT2D eigenvalue weighted by atomic mass is 9.91. The van der Waals surface area contributed by atoms with Crippen LogP contribution in [-0.4, -0.2) is 30.6 Å². The fourth-order valence-electron chi connectivity index (χ4n) is 4.08. The van der Waals surface area contributed by atoms with Crippen LogP contribution in [0.25, 0.3) is 10.9 Å². The summed E-state index contributed by atoms with van der Waals surface area (Å²) in [6, 6.07) is 23.9. The van der Waals surface area contributed by atoms with Gasteiger partial charge in [0.15, 0.2) is 11.5 Å². The summed E-state index contributed by atoms with van der Waals surface area (Å²) in [6.07, 6.45) is 2.88. The van der Waals surface area contributed by atoms with Gasteiger partial charge in [0, 0.05) is 41.5 Å². The standard InChI is InChI=1S/C26H24N2O3/c29-26(19-11-12-24-25(15-19)31-14-6-13-30-24)28-16-21(18-7-2-1-3-8-18)22-17-27-23-10-5-4-9-20(22)23/h1-5,7-12,15,17,21,27H,6,13-14,16H2,(H,28,29). The second-order valence-electron chi connectivity index (χ2n) is 7.67. The van der Waals surface area contributed by atoms with Crippen molar-refractivity contribution in [2.24, 2.45) is 0 Å². The molecule has 1 aliphatic rings. The average Bonchev–Trinajstić information content (AvgIpc) is 3.09. The molecule has 4 aromatic rings. The average molecular weight is 412 g/mol. The van der Waals surface area contributed by atoms with E-state index < -0.39 is 0 Å². The van der Waals surface area contributed by atoms with Crippen LogP contribution in [-0.2, 0) is 0 Å². The van der Waals surface area contributed by atoms with Crippen LogP contribution in [0.2, 0.25) is 0 Å². The number of amides is 1. The van der Waals surface area contributed by atoms with Crippen LogP contribution >= 0.6 is 0 Å². The first-order valence-corrected chi connectivity index (χ1v) is 10.6. The summed E-state index contributed by atoms with van der Waals surface area (Å²) in [5, 5.41) is 4.29. The number of aromatic amines is 1. The molecular formula is C26H24N2O3. The topological polar surface area (TPSA) is 63.4 Å². The molecule has 1 unspecified atom stereocenters. The fraction of sp³-hybridized carbons (Fsp3) is 0.192. The molecule has 0 fully saturated rings. The van der Waals surface area contributed by atoms with Gasteiger partial charge in [-0.3, -0.25) is 4.79 Å². The van der Waals surface area contributed by atoms with E-state index in [1.165, 1.54) is 10.9 Å². The summed E-state index contributed by atoms with van der Waals surface area (Å²) in [5.41, 5.74) is 3.98. The van der Waals surface area contributed by atoms with Gasteiger partial charge >= 0.3 is 0 Å². The summed E-state index contributed by atoms with van der Waals surface area (Å²) in [7, 11) is 0. The van der Waals surface area contributed by atoms with Gasteiger partial charge in [-0.1, -0.05) is 48.5 Å². The van der Waals surface area contributed by atoms with Gasteiger partial charge in [-0.25, -0.2) is 0 Å². The first kappa shape index (κ1) is 19.2. The maximum atomic E-state index is 13.0. The lowest BCUT2D eigenvalue weighted by molar-refractivity contribution is 0.0952. The number of rotatable bonds is 5. The molecule has 0 spiro atoms. The van der Waals surface area contributed by atoms with Crippen molar-refractivity contribution >= 4 is 16.8 Å². The van der Waals surface area contributed by atoms with Crippen LogP contribution in [0.3, 0.4) is 0 Å². The van der Waals surface area contributed by atoms with Gasteiger partial charge in [-0.05, 0) is 35.4 Å². The Kier molecular flexibility index (Phi) is 5.31. The molecule has 31 heavy (non-hydrogen) atoms. The molecule has 2 N–H and O–H groups in total. The molecule has 5 nitrogen and oxygen atoms in total. The van der Waals surface area contributed by atoms with Crippen LogP contribution in [0.1, 0.15) is 33.8 Å². The minimum Gasteiger partial charge on any atom is -0.490 e. The highest BCUT2D eigenvalue weighted by Gasteiger charge is 2.20. The molecule has 1 amide bonds. The molecule has 0 saturated heterocycles. The zero-order chi connectivity index (χ0) is 21.0. The number of aromatic nitrogens is 1. The van der Waals surface area contributed by atoms with E-state index in [0.29, 0.717) is 36.8 Å². The zero-order valence-corrected chi connectivity index (χ0v) is 17.1. The third-order valence-electron chi connectivity index (χ3n) is 5.68. The van der Waals surface area contributed by atoms with Crippen molar-refractivity contribution in [2.75, 3.05) is 19.8 Å². The summed E-state index contributed by atoms with van der Waals surface area (Å²) >= 11 is 0. The third kappa shape index (κ3) is 3.99. The van der Waals surface area contributed by atoms with Crippen LogP contribution in [0, 0.1) is 0 Å². The maximum absolute atomic E-state index is 13.0. The Bertz CT molecular complexity index is 1200. The van der Waals surface area contributed by atoms with Gasteiger partial charge in [0.1, 0.15) is 0 Å². The highest BCUT2D eigenvalue weighted by molar-refractivity contribution is 5.95. The van der Waals surface area contributed by atoms with Crippen molar-refractivity contribution in [1.82, 2.24) is 10.3 Å². The second-order valence-corrected chi connectivity index (χ2v) is 7.67. The van der Waals surface area contributed by atoms with Crippen molar-refractivity contribution < 1.29 is 14.3 Å². The minimum atomic E-state index is -0.128. The molecule has 0 bridgehead atoms. The largest absolute Gasteiger partial charge is 0.490 e. The van der Waals surface area contributed by atoms with Crippen LogP contribution in [0.4, 0.5) is 0 Å². The molecule has 5 heteroatoms. The number of carbonyl (C=O) groups is 1. The highest BCUT2D eigenvalue weighted by Crippen LogP contribution is 2.32. The lowest BCUT2D eigenvalue weighted by Crippen LogP contribution is -2.29. The first-order chi connectivity index (χ1) is 15.3. The Morgan fingerprint density at radius 1 is 0.935 bits per heavy atom. The van der Waals surface area contributed by atoms with E-state index in [1.54, 1.807) is 12.1 Å². The van der Waals surface area contributed by atoms with E-state index in [1.807, 2.05) is 42.6 Å². The number of hydrogen-bond acceptors (Lipinski definition) is 3. The van der Waals surface area contributed by atoms with Gasteiger partial charge in [0.05, 0.1) is 13.2 Å². The number of benzene rings is 3. The minimum absolute atomic E-state index is 0.0294. The molecule has 1 atom stereocenters. The number of ether oxygens (including phenoxy) is 2. The normalized spacial score (nSPS) is 14.1. The monoisotopic (exact) mass is 412 g/mol. The van der Waals surface area contributed by atoms with Gasteiger partial charge in [-0.15, -0.1) is 0 Å². The third-order valence-corrected chi connectivity index (χ3v) is 5.68. The molecule has 0 radical (unpaired) electrons. The highest BCUT2D eigenvalue weighted by atomic mass is 16.5. The Morgan fingerprint density at radius 2 is 1.71 bits per heavy atom. The maximum Gasteiger partial charge on any atom is 0.251 e. The van der Waals surface area contributed by atoms with Crippen molar-refractivity contribution in [1.29, 1.82) is 0 Å². The fourth-order valence-corrected chi connectivity index (χ4v) is 4.08. The van der Waals surface area contributed by atoms with Crippen molar-refractivity contribution in [3.8, 4) is 11.5 Å². The smallest absolute Gasteiger partial charge is 0.251 e. The molecule has 0 saturated carbocycles. The van der Waals surface area contributed by atoms with Crippen molar-refractivity contribution in [2.45, 2.75) is 12.3 Å². The molecule has 156 valence electrons. The Balaban J connectivity index is 1.40. The molecule has 3 aromatic carbocycles. The molecule has 1 aromatic heterocycles. The molecule has 2 heterocycles. The summed E-state index contributed by atoms with van der Waals surface area (Å²) in [6.45, 7) is 1.70. The van der Waals surface area contributed by atoms with E-state index in [4.69, 9.17) is 9.47 Å². The van der Waals surface area contributed by atoms with Gasteiger partial charge in [0.25, 0.3) is 5.91 Å². The van der Waals surface area contributed by atoms with Gasteiger partial charge in [-0.2, -0.15) is 0 Å². The summed E-state index contributed by atoms with van der Waals surface area (Å²) < 4.78 is 11.4. The summed E-state index contributed by atoms with van der Waals surface area (Å²) in [5.74, 6) is 1.22. The van der Waals surface area contributed by atoms with Crippen LogP contribution in [0.5, 0.6) is 11.5 Å². The summed E-state index contributed by atoms with van der Waals surface area (Å²) in [4.78, 5) is 16.3. The molecule has 5 rings (SSSR count). The number of fused-ring (bicyclic) bond motifs is 2. The van der Waals surface area contributed by atoms with E-state index >= 15 is 0 Å². The van der Waals surface area contributed by atoms with Crippen LogP contribution in [0.15, 0.2) is 79.0 Å². The number of nitrogens with one attached hydrogen (secondary N) is 2. The van der Waals surface area contributed by atoms with Crippen molar-refractivity contribution in [3.63, 3.8) is 0 Å². The van der Waals surface area contributed by atoms with E-state index in [2.05, 4.69) is 34.6 Å². The molecular weight excluding hydrogens is 388 g/mol. The first-order valence-electron chi connectivity index (χ1n) is 10.6. The molecule has 1 aliphatic heterocycles. The number of H-pyrrole nitrogens is 1. The van der Waals surface area contributed by atoms with Gasteiger partial charge < -0.3 is 19.8 Å². The predicted octanol–water partition coefficient (Wildman–Crippen LogP) is 4.89. The Hall–Kier alpha value is -3.73. The SMILES string of the molecule is O=C(NCC(c1ccccc1)c1c[nH]c2ccccc12)c1ccc2c(c1)OCCCO2. The zero-order valence-electron chi connectivity index (χ0n) is 17.1. The predicted molar refractivity (Wildman–Crippen MR) is 121 cm³/mol.